The second kappa shape index (κ2) is 9.62. The molecule has 1 aliphatic rings. The summed E-state index contributed by atoms with van der Waals surface area (Å²) < 4.78 is 10.5. The summed E-state index contributed by atoms with van der Waals surface area (Å²) in [6, 6.07) is 17.7. The topological polar surface area (TPSA) is 80.8 Å². The molecular formula is C25H25N3O4. The molecule has 164 valence electrons. The first-order chi connectivity index (χ1) is 15.6. The van der Waals surface area contributed by atoms with E-state index in [0.29, 0.717) is 35.7 Å². The summed E-state index contributed by atoms with van der Waals surface area (Å²) in [7, 11) is 3.17. The van der Waals surface area contributed by atoms with Crippen LogP contribution in [0, 0.1) is 0 Å². The molecule has 3 aromatic rings. The highest BCUT2D eigenvalue weighted by Gasteiger charge is 2.44. The summed E-state index contributed by atoms with van der Waals surface area (Å²) in [5.41, 5.74) is 2.69. The van der Waals surface area contributed by atoms with Crippen LogP contribution in [0.15, 0.2) is 73.1 Å². The van der Waals surface area contributed by atoms with Gasteiger partial charge < -0.3 is 19.7 Å². The molecule has 32 heavy (non-hydrogen) atoms. The van der Waals surface area contributed by atoms with E-state index in [1.54, 1.807) is 43.6 Å². The average Bonchev–Trinajstić information content (AvgIpc) is 2.84. The second-order valence-electron chi connectivity index (χ2n) is 7.50. The molecule has 0 radical (unpaired) electrons. The van der Waals surface area contributed by atoms with Crippen LogP contribution in [0.5, 0.6) is 5.75 Å². The van der Waals surface area contributed by atoms with E-state index in [1.165, 1.54) is 0 Å². The standard InChI is InChI=1S/C25H25N3O4/c1-31-15-14-28-23(17-10-12-26-13-11-17)22(20-8-3-4-9-21(20)25(28)30)24(29)27-18-6-5-7-19(16-18)32-2/h3-13,16,22-23H,14-15H2,1-2H3,(H,27,29). The van der Waals surface area contributed by atoms with E-state index in [2.05, 4.69) is 10.3 Å². The molecule has 0 fully saturated rings. The third-order valence-corrected chi connectivity index (χ3v) is 5.64. The number of rotatable bonds is 7. The number of nitrogens with zero attached hydrogens (tertiary/aromatic N) is 2. The van der Waals surface area contributed by atoms with Gasteiger partial charge in [0.1, 0.15) is 5.75 Å². The van der Waals surface area contributed by atoms with Crippen molar-refractivity contribution in [2.45, 2.75) is 12.0 Å². The lowest BCUT2D eigenvalue weighted by Crippen LogP contribution is -2.47. The van der Waals surface area contributed by atoms with E-state index < -0.39 is 12.0 Å². The predicted molar refractivity (Wildman–Crippen MR) is 121 cm³/mol. The molecule has 2 heterocycles. The molecule has 0 saturated heterocycles. The van der Waals surface area contributed by atoms with Crippen LogP contribution in [-0.4, -0.2) is 49.1 Å². The Morgan fingerprint density at radius 2 is 1.84 bits per heavy atom. The van der Waals surface area contributed by atoms with Crippen molar-refractivity contribution in [3.05, 3.63) is 89.7 Å². The number of fused-ring (bicyclic) bond motifs is 1. The maximum Gasteiger partial charge on any atom is 0.254 e. The molecular weight excluding hydrogens is 406 g/mol. The largest absolute Gasteiger partial charge is 0.497 e. The Kier molecular flexibility index (Phi) is 6.47. The minimum atomic E-state index is -0.616. The van der Waals surface area contributed by atoms with Crippen LogP contribution in [0.2, 0.25) is 0 Å². The van der Waals surface area contributed by atoms with Gasteiger partial charge in [-0.15, -0.1) is 0 Å². The highest BCUT2D eigenvalue weighted by molar-refractivity contribution is 6.04. The van der Waals surface area contributed by atoms with Crippen molar-refractivity contribution in [3.63, 3.8) is 0 Å². The Labute approximate surface area is 187 Å². The number of pyridine rings is 1. The van der Waals surface area contributed by atoms with E-state index in [1.807, 2.05) is 48.5 Å². The van der Waals surface area contributed by atoms with Crippen LogP contribution in [0.3, 0.4) is 0 Å². The fourth-order valence-electron chi connectivity index (χ4n) is 4.16. The monoisotopic (exact) mass is 431 g/mol. The van der Waals surface area contributed by atoms with E-state index >= 15 is 0 Å². The van der Waals surface area contributed by atoms with Crippen LogP contribution in [0.25, 0.3) is 0 Å². The van der Waals surface area contributed by atoms with Gasteiger partial charge in [-0.3, -0.25) is 14.6 Å². The van der Waals surface area contributed by atoms with Gasteiger partial charge in [-0.05, 0) is 41.5 Å². The van der Waals surface area contributed by atoms with Crippen LogP contribution in [0.1, 0.15) is 33.4 Å². The third-order valence-electron chi connectivity index (χ3n) is 5.64. The molecule has 1 aliphatic heterocycles. The molecule has 7 nitrogen and oxygen atoms in total. The van der Waals surface area contributed by atoms with Gasteiger partial charge in [0, 0.05) is 43.4 Å². The summed E-state index contributed by atoms with van der Waals surface area (Å²) in [4.78, 5) is 32.9. The van der Waals surface area contributed by atoms with Gasteiger partial charge in [0.25, 0.3) is 5.91 Å². The van der Waals surface area contributed by atoms with Crippen molar-refractivity contribution in [2.75, 3.05) is 32.7 Å². The van der Waals surface area contributed by atoms with Gasteiger partial charge in [0.2, 0.25) is 5.91 Å². The fraction of sp³-hybridized carbons (Fsp3) is 0.240. The maximum atomic E-state index is 13.7. The number of hydrogen-bond donors (Lipinski definition) is 1. The van der Waals surface area contributed by atoms with E-state index in [-0.39, 0.29) is 11.8 Å². The number of hydrogen-bond acceptors (Lipinski definition) is 5. The van der Waals surface area contributed by atoms with Crippen LogP contribution in [0.4, 0.5) is 5.69 Å². The summed E-state index contributed by atoms with van der Waals surface area (Å²) in [6.45, 7) is 0.722. The highest BCUT2D eigenvalue weighted by Crippen LogP contribution is 2.43. The number of ether oxygens (including phenoxy) is 2. The minimum absolute atomic E-state index is 0.120. The number of anilines is 1. The Bertz CT molecular complexity index is 1100. The van der Waals surface area contributed by atoms with Crippen molar-refractivity contribution in [1.82, 2.24) is 9.88 Å². The molecule has 2 aromatic carbocycles. The lowest BCUT2D eigenvalue weighted by Gasteiger charge is -2.41. The Balaban J connectivity index is 1.80. The Hall–Kier alpha value is -3.71. The fourth-order valence-corrected chi connectivity index (χ4v) is 4.16. The van der Waals surface area contributed by atoms with Gasteiger partial charge in [-0.1, -0.05) is 24.3 Å². The molecule has 2 amide bonds. The molecule has 4 rings (SSSR count). The first-order valence-corrected chi connectivity index (χ1v) is 10.4. The number of amides is 2. The van der Waals surface area contributed by atoms with Crippen molar-refractivity contribution in [1.29, 1.82) is 0 Å². The first kappa shape index (κ1) is 21.5. The molecule has 0 saturated carbocycles. The molecule has 1 N–H and O–H groups in total. The molecule has 7 heteroatoms. The number of nitrogens with one attached hydrogen (secondary N) is 1. The van der Waals surface area contributed by atoms with Crippen LogP contribution < -0.4 is 10.1 Å². The smallest absolute Gasteiger partial charge is 0.254 e. The zero-order chi connectivity index (χ0) is 22.5. The number of aromatic nitrogens is 1. The second-order valence-corrected chi connectivity index (χ2v) is 7.50. The van der Waals surface area contributed by atoms with Crippen LogP contribution in [-0.2, 0) is 9.53 Å². The first-order valence-electron chi connectivity index (χ1n) is 10.4. The van der Waals surface area contributed by atoms with Crippen LogP contribution >= 0.6 is 0 Å². The van der Waals surface area contributed by atoms with Gasteiger partial charge in [-0.2, -0.15) is 0 Å². The van der Waals surface area contributed by atoms with Crippen molar-refractivity contribution in [3.8, 4) is 5.75 Å². The average molecular weight is 431 g/mol. The zero-order valence-corrected chi connectivity index (χ0v) is 18.0. The summed E-state index contributed by atoms with van der Waals surface area (Å²) in [6.07, 6.45) is 3.34. The third kappa shape index (κ3) is 4.20. The van der Waals surface area contributed by atoms with E-state index in [0.717, 1.165) is 5.56 Å². The minimum Gasteiger partial charge on any atom is -0.497 e. The molecule has 2 unspecified atom stereocenters. The number of methoxy groups -OCH3 is 2. The molecule has 0 bridgehead atoms. The normalized spacial score (nSPS) is 17.6. The SMILES string of the molecule is COCCN1C(=O)c2ccccc2C(C(=O)Nc2cccc(OC)c2)C1c1ccncc1. The molecule has 0 aliphatic carbocycles. The lowest BCUT2D eigenvalue weighted by molar-refractivity contribution is -0.119. The Morgan fingerprint density at radius 3 is 2.59 bits per heavy atom. The van der Waals surface area contributed by atoms with E-state index in [9.17, 15) is 9.59 Å². The molecule has 0 spiro atoms. The zero-order valence-electron chi connectivity index (χ0n) is 18.0. The summed E-state index contributed by atoms with van der Waals surface area (Å²) >= 11 is 0. The van der Waals surface area contributed by atoms with Gasteiger partial charge in [-0.25, -0.2) is 0 Å². The maximum absolute atomic E-state index is 13.7. The predicted octanol–water partition coefficient (Wildman–Crippen LogP) is 3.66. The quantitative estimate of drug-likeness (QED) is 0.618. The number of carbonyl (C=O) groups is 2. The van der Waals surface area contributed by atoms with Crippen molar-refractivity contribution in [2.24, 2.45) is 0 Å². The molecule has 2 atom stereocenters. The van der Waals surface area contributed by atoms with Crippen molar-refractivity contribution >= 4 is 17.5 Å². The van der Waals surface area contributed by atoms with Gasteiger partial charge >= 0.3 is 0 Å². The number of benzene rings is 2. The summed E-state index contributed by atoms with van der Waals surface area (Å²) in [5, 5.41) is 3.01. The highest BCUT2D eigenvalue weighted by atomic mass is 16.5. The summed E-state index contributed by atoms with van der Waals surface area (Å²) in [5.74, 6) is -0.295. The van der Waals surface area contributed by atoms with Crippen molar-refractivity contribution < 1.29 is 19.1 Å². The lowest BCUT2D eigenvalue weighted by atomic mass is 9.79. The molecule has 1 aromatic heterocycles. The Morgan fingerprint density at radius 1 is 1.06 bits per heavy atom. The van der Waals surface area contributed by atoms with Gasteiger partial charge in [0.15, 0.2) is 0 Å². The van der Waals surface area contributed by atoms with E-state index in [4.69, 9.17) is 9.47 Å². The van der Waals surface area contributed by atoms with Gasteiger partial charge in [0.05, 0.1) is 25.7 Å². The number of carbonyl (C=O) groups excluding carboxylic acids is 2.